The maximum Gasteiger partial charge on any atom is 0.306 e. The minimum absolute atomic E-state index is 0.0944. The molecule has 418 valence electrons. The highest BCUT2D eigenvalue weighted by atomic mass is 16.6. The van der Waals surface area contributed by atoms with Gasteiger partial charge in [-0.2, -0.15) is 0 Å². The Labute approximate surface area is 451 Å². The van der Waals surface area contributed by atoms with Crippen LogP contribution in [-0.4, -0.2) is 37.2 Å². The summed E-state index contributed by atoms with van der Waals surface area (Å²) in [6, 6.07) is 0. The zero-order valence-electron chi connectivity index (χ0n) is 47.9. The molecule has 0 rings (SSSR count). The summed E-state index contributed by atoms with van der Waals surface area (Å²) in [5.41, 5.74) is 0. The number of esters is 3. The molecule has 0 saturated carbocycles. The Balaban J connectivity index is 4.46. The minimum atomic E-state index is -0.801. The van der Waals surface area contributed by atoms with Crippen molar-refractivity contribution < 1.29 is 28.6 Å². The number of allylic oxidation sites excluding steroid dienone is 16. The van der Waals surface area contributed by atoms with Crippen LogP contribution in [0.3, 0.4) is 0 Å². The second-order valence-electron chi connectivity index (χ2n) is 20.2. The molecule has 0 aromatic carbocycles. The molecule has 0 fully saturated rings. The quantitative estimate of drug-likeness (QED) is 0.0261. The van der Waals surface area contributed by atoms with Gasteiger partial charge in [0.1, 0.15) is 13.2 Å². The van der Waals surface area contributed by atoms with Gasteiger partial charge in [0.2, 0.25) is 0 Å². The Hall–Kier alpha value is -3.67. The first kappa shape index (κ1) is 69.3. The van der Waals surface area contributed by atoms with Crippen LogP contribution >= 0.6 is 0 Å². The van der Waals surface area contributed by atoms with E-state index in [2.05, 4.69) is 118 Å². The van der Waals surface area contributed by atoms with Crippen LogP contribution in [0.5, 0.6) is 0 Å². The maximum atomic E-state index is 12.9. The Morgan fingerprint density at radius 1 is 0.288 bits per heavy atom. The van der Waals surface area contributed by atoms with Gasteiger partial charge in [0.25, 0.3) is 0 Å². The van der Waals surface area contributed by atoms with Gasteiger partial charge in [0.15, 0.2) is 6.10 Å². The molecule has 0 bridgehead atoms. The van der Waals surface area contributed by atoms with E-state index in [-0.39, 0.29) is 37.5 Å². The fourth-order valence-corrected chi connectivity index (χ4v) is 8.44. The third-order valence-electron chi connectivity index (χ3n) is 13.0. The lowest BCUT2D eigenvalue weighted by atomic mass is 10.1. The zero-order chi connectivity index (χ0) is 52.9. The summed E-state index contributed by atoms with van der Waals surface area (Å²) < 4.78 is 16.9. The summed E-state index contributed by atoms with van der Waals surface area (Å²) >= 11 is 0. The molecule has 0 aromatic heterocycles. The predicted molar refractivity (Wildman–Crippen MR) is 316 cm³/mol. The molecule has 0 aromatic rings. The first-order valence-corrected chi connectivity index (χ1v) is 30.7. The van der Waals surface area contributed by atoms with Crippen LogP contribution in [0.15, 0.2) is 97.2 Å². The molecule has 0 heterocycles. The van der Waals surface area contributed by atoms with Crippen molar-refractivity contribution in [3.8, 4) is 0 Å². The lowest BCUT2D eigenvalue weighted by Gasteiger charge is -2.18. The molecule has 6 nitrogen and oxygen atoms in total. The standard InChI is InChI=1S/C67H114O6/c1-4-7-10-13-16-19-22-25-28-31-33-36-39-42-45-48-51-54-57-60-66(69)72-63-64(62-71-65(68)59-56-53-50-47-44-41-38-35-30-27-24-21-18-15-12-9-6-3)73-67(70)61-58-55-52-49-46-43-40-37-34-32-29-26-23-20-17-14-11-8-5-2/h8,11,16-17,19-20,25-30,34,37,43,46,64H,4-7,9-10,12-15,18,21-24,31-33,35-36,38-42,44-45,47-63H2,1-3H3/b11-8-,19-16-,20-17-,28-25-,29-26-,30-27-,37-34-,46-43-/t64-/m0/s1. The summed E-state index contributed by atoms with van der Waals surface area (Å²) in [6.45, 7) is 6.48. The highest BCUT2D eigenvalue weighted by molar-refractivity contribution is 5.71. The van der Waals surface area contributed by atoms with E-state index in [9.17, 15) is 14.4 Å². The topological polar surface area (TPSA) is 78.9 Å². The van der Waals surface area contributed by atoms with Gasteiger partial charge in [-0.25, -0.2) is 0 Å². The third kappa shape index (κ3) is 59.1. The molecule has 0 amide bonds. The highest BCUT2D eigenvalue weighted by Gasteiger charge is 2.19. The normalized spacial score (nSPS) is 12.8. The van der Waals surface area contributed by atoms with Crippen LogP contribution in [0.4, 0.5) is 0 Å². The van der Waals surface area contributed by atoms with Crippen molar-refractivity contribution in [1.29, 1.82) is 0 Å². The molecule has 1 atom stereocenters. The molecular formula is C67H114O6. The van der Waals surface area contributed by atoms with Crippen molar-refractivity contribution in [3.63, 3.8) is 0 Å². The van der Waals surface area contributed by atoms with Gasteiger partial charge in [-0.15, -0.1) is 0 Å². The number of carbonyl (C=O) groups is 3. The average molecular weight is 1020 g/mol. The second kappa shape index (κ2) is 60.9. The van der Waals surface area contributed by atoms with Crippen molar-refractivity contribution >= 4 is 17.9 Å². The summed E-state index contributed by atoms with van der Waals surface area (Å²) in [5.74, 6) is -0.928. The van der Waals surface area contributed by atoms with Crippen LogP contribution in [0, 0.1) is 0 Å². The molecule has 0 unspecified atom stereocenters. The van der Waals surface area contributed by atoms with Gasteiger partial charge in [0.05, 0.1) is 0 Å². The number of hydrogen-bond donors (Lipinski definition) is 0. The van der Waals surface area contributed by atoms with Gasteiger partial charge >= 0.3 is 17.9 Å². The predicted octanol–water partition coefficient (Wildman–Crippen LogP) is 20.9. The fourth-order valence-electron chi connectivity index (χ4n) is 8.44. The molecule has 6 heteroatoms. The summed E-state index contributed by atoms with van der Waals surface area (Å²) in [6.07, 6.45) is 81.1. The monoisotopic (exact) mass is 1010 g/mol. The van der Waals surface area contributed by atoms with E-state index in [1.165, 1.54) is 148 Å². The highest BCUT2D eigenvalue weighted by Crippen LogP contribution is 2.15. The lowest BCUT2D eigenvalue weighted by molar-refractivity contribution is -0.167. The maximum absolute atomic E-state index is 12.9. The smallest absolute Gasteiger partial charge is 0.306 e. The van der Waals surface area contributed by atoms with Crippen LogP contribution < -0.4 is 0 Å². The molecule has 0 aliphatic rings. The van der Waals surface area contributed by atoms with E-state index in [0.29, 0.717) is 12.8 Å². The second-order valence-corrected chi connectivity index (χ2v) is 20.2. The van der Waals surface area contributed by atoms with Gasteiger partial charge < -0.3 is 14.2 Å². The summed E-state index contributed by atoms with van der Waals surface area (Å²) in [7, 11) is 0. The molecule has 0 radical (unpaired) electrons. The van der Waals surface area contributed by atoms with Crippen molar-refractivity contribution in [2.45, 2.75) is 297 Å². The van der Waals surface area contributed by atoms with Crippen molar-refractivity contribution in [2.75, 3.05) is 13.2 Å². The molecule has 73 heavy (non-hydrogen) atoms. The van der Waals surface area contributed by atoms with Crippen LogP contribution in [0.25, 0.3) is 0 Å². The van der Waals surface area contributed by atoms with Crippen LogP contribution in [0.1, 0.15) is 290 Å². The van der Waals surface area contributed by atoms with Gasteiger partial charge in [-0.05, 0) is 122 Å². The van der Waals surface area contributed by atoms with Gasteiger partial charge in [-0.3, -0.25) is 14.4 Å². The van der Waals surface area contributed by atoms with E-state index >= 15 is 0 Å². The van der Waals surface area contributed by atoms with E-state index in [0.717, 1.165) is 103 Å². The largest absolute Gasteiger partial charge is 0.462 e. The molecule has 0 spiro atoms. The summed E-state index contributed by atoms with van der Waals surface area (Å²) in [5, 5.41) is 0. The Morgan fingerprint density at radius 3 is 0.890 bits per heavy atom. The Morgan fingerprint density at radius 2 is 0.534 bits per heavy atom. The molecular weight excluding hydrogens is 901 g/mol. The number of unbranched alkanes of at least 4 members (excludes halogenated alkanes) is 28. The number of ether oxygens (including phenoxy) is 3. The van der Waals surface area contributed by atoms with Crippen LogP contribution in [-0.2, 0) is 28.6 Å². The Kier molecular flexibility index (Phi) is 57.8. The molecule has 0 saturated heterocycles. The molecule has 0 aliphatic carbocycles. The third-order valence-corrected chi connectivity index (χ3v) is 13.0. The first-order valence-electron chi connectivity index (χ1n) is 30.7. The Bertz CT molecular complexity index is 1440. The van der Waals surface area contributed by atoms with Crippen molar-refractivity contribution in [3.05, 3.63) is 97.2 Å². The van der Waals surface area contributed by atoms with E-state index < -0.39 is 6.10 Å². The van der Waals surface area contributed by atoms with Crippen LogP contribution in [0.2, 0.25) is 0 Å². The lowest BCUT2D eigenvalue weighted by Crippen LogP contribution is -2.30. The fraction of sp³-hybridized carbons (Fsp3) is 0.716. The van der Waals surface area contributed by atoms with Gasteiger partial charge in [0, 0.05) is 19.3 Å². The van der Waals surface area contributed by atoms with Crippen molar-refractivity contribution in [2.24, 2.45) is 0 Å². The van der Waals surface area contributed by atoms with E-state index in [1.807, 2.05) is 0 Å². The number of hydrogen-bond acceptors (Lipinski definition) is 6. The minimum Gasteiger partial charge on any atom is -0.462 e. The zero-order valence-corrected chi connectivity index (χ0v) is 47.9. The van der Waals surface area contributed by atoms with Crippen molar-refractivity contribution in [1.82, 2.24) is 0 Å². The molecule has 0 N–H and O–H groups in total. The first-order chi connectivity index (χ1) is 36.0. The number of carbonyl (C=O) groups excluding carboxylic acids is 3. The van der Waals surface area contributed by atoms with Gasteiger partial charge in [-0.1, -0.05) is 246 Å². The van der Waals surface area contributed by atoms with E-state index in [4.69, 9.17) is 14.2 Å². The molecule has 0 aliphatic heterocycles. The average Bonchev–Trinajstić information content (AvgIpc) is 3.39. The van der Waals surface area contributed by atoms with E-state index in [1.54, 1.807) is 0 Å². The SMILES string of the molecule is CC/C=C\C/C=C\C/C=C\C/C=C\C/C=C\CCCCCC(=O)O[C@@H](COC(=O)CCCCCCCCC/C=C\CCCCCCCC)COC(=O)CCCCCCCCCCC/C=C\C/C=C\CCCCC. The number of rotatable bonds is 55. The summed E-state index contributed by atoms with van der Waals surface area (Å²) in [4.78, 5) is 38.3.